The molecule has 1 fully saturated rings. The lowest BCUT2D eigenvalue weighted by molar-refractivity contribution is 0.105. The van der Waals surface area contributed by atoms with Gasteiger partial charge in [0.05, 0.1) is 0 Å². The lowest BCUT2D eigenvalue weighted by Crippen LogP contribution is -2.40. The predicted molar refractivity (Wildman–Crippen MR) is 54.2 cm³/mol. The van der Waals surface area contributed by atoms with E-state index in [0.717, 1.165) is 11.8 Å². The summed E-state index contributed by atoms with van der Waals surface area (Å²) in [5.74, 6) is 1.69. The maximum absolute atomic E-state index is 3.43. The molecule has 1 atom stereocenters. The van der Waals surface area contributed by atoms with Gasteiger partial charge in [-0.2, -0.15) is 0 Å². The fourth-order valence-corrected chi connectivity index (χ4v) is 2.26. The van der Waals surface area contributed by atoms with E-state index in [2.05, 4.69) is 33.0 Å². The first kappa shape index (κ1) is 10.0. The Kier molecular flexibility index (Phi) is 3.16. The molecule has 12 heavy (non-hydrogen) atoms. The molecular weight excluding hydrogens is 146 g/mol. The molecule has 72 valence electrons. The number of piperidine rings is 1. The van der Waals surface area contributed by atoms with E-state index in [9.17, 15) is 0 Å². The molecule has 0 amide bonds. The third-order valence-corrected chi connectivity index (χ3v) is 3.85. The molecule has 0 spiro atoms. The fraction of sp³-hybridized carbons (Fsp3) is 1.00. The van der Waals surface area contributed by atoms with Crippen LogP contribution in [0.2, 0.25) is 0 Å². The van der Waals surface area contributed by atoms with Crippen molar-refractivity contribution >= 4 is 0 Å². The van der Waals surface area contributed by atoms with Gasteiger partial charge in [0.1, 0.15) is 0 Å². The minimum Gasteiger partial charge on any atom is -0.317 e. The maximum atomic E-state index is 3.43. The van der Waals surface area contributed by atoms with E-state index in [1.807, 2.05) is 0 Å². The smallest absolute Gasteiger partial charge is 0.00436 e. The summed E-state index contributed by atoms with van der Waals surface area (Å²) in [6.45, 7) is 12.0. The van der Waals surface area contributed by atoms with E-state index < -0.39 is 0 Å². The van der Waals surface area contributed by atoms with E-state index in [1.165, 1.54) is 25.9 Å². The lowest BCUT2D eigenvalue weighted by atomic mass is 9.67. The van der Waals surface area contributed by atoms with Crippen molar-refractivity contribution in [2.75, 3.05) is 13.1 Å². The van der Waals surface area contributed by atoms with Gasteiger partial charge in [0.15, 0.2) is 0 Å². The molecular formula is C11H23N. The van der Waals surface area contributed by atoms with Crippen LogP contribution in [0.3, 0.4) is 0 Å². The molecule has 0 bridgehead atoms. The number of hydrogen-bond acceptors (Lipinski definition) is 1. The first-order valence-electron chi connectivity index (χ1n) is 5.27. The number of nitrogens with one attached hydrogen (secondary N) is 1. The van der Waals surface area contributed by atoms with E-state index in [-0.39, 0.29) is 0 Å². The highest BCUT2D eigenvalue weighted by Gasteiger charge is 2.33. The van der Waals surface area contributed by atoms with E-state index in [1.54, 1.807) is 0 Å². The highest BCUT2D eigenvalue weighted by atomic mass is 14.9. The van der Waals surface area contributed by atoms with Crippen LogP contribution in [0.5, 0.6) is 0 Å². The van der Waals surface area contributed by atoms with Crippen LogP contribution in [0, 0.1) is 17.3 Å². The van der Waals surface area contributed by atoms with Crippen LogP contribution in [0.4, 0.5) is 0 Å². The molecule has 1 nitrogen and oxygen atoms in total. The highest BCUT2D eigenvalue weighted by Crippen LogP contribution is 2.39. The molecule has 1 aliphatic heterocycles. The van der Waals surface area contributed by atoms with Crippen molar-refractivity contribution in [3.63, 3.8) is 0 Å². The zero-order valence-electron chi connectivity index (χ0n) is 8.98. The van der Waals surface area contributed by atoms with E-state index in [4.69, 9.17) is 0 Å². The SMILES string of the molecule is CC(C)C(C)C1(C)CCNCC1. The Morgan fingerprint density at radius 3 is 2.00 bits per heavy atom. The van der Waals surface area contributed by atoms with Crippen molar-refractivity contribution in [3.8, 4) is 0 Å². The second-order valence-corrected chi connectivity index (χ2v) is 4.94. The molecule has 1 N–H and O–H groups in total. The highest BCUT2D eigenvalue weighted by molar-refractivity contribution is 4.85. The largest absolute Gasteiger partial charge is 0.317 e. The Bertz CT molecular complexity index is 134. The van der Waals surface area contributed by atoms with Gasteiger partial charge >= 0.3 is 0 Å². The summed E-state index contributed by atoms with van der Waals surface area (Å²) >= 11 is 0. The Morgan fingerprint density at radius 1 is 1.08 bits per heavy atom. The second kappa shape index (κ2) is 3.78. The molecule has 1 aliphatic rings. The summed E-state index contributed by atoms with van der Waals surface area (Å²) in [5.41, 5.74) is 0.597. The zero-order valence-corrected chi connectivity index (χ0v) is 8.98. The van der Waals surface area contributed by atoms with E-state index >= 15 is 0 Å². The minimum absolute atomic E-state index is 0.597. The van der Waals surface area contributed by atoms with Crippen molar-refractivity contribution in [2.24, 2.45) is 17.3 Å². The average Bonchev–Trinajstić information content (AvgIpc) is 2.04. The van der Waals surface area contributed by atoms with Gasteiger partial charge in [-0.25, -0.2) is 0 Å². The van der Waals surface area contributed by atoms with Crippen LogP contribution in [0.1, 0.15) is 40.5 Å². The van der Waals surface area contributed by atoms with Crippen LogP contribution < -0.4 is 5.32 Å². The quantitative estimate of drug-likeness (QED) is 0.670. The Hall–Kier alpha value is -0.0400. The third-order valence-electron chi connectivity index (χ3n) is 3.85. The van der Waals surface area contributed by atoms with E-state index in [0.29, 0.717) is 5.41 Å². The molecule has 1 heterocycles. The summed E-state index contributed by atoms with van der Waals surface area (Å²) in [6, 6.07) is 0. The predicted octanol–water partition coefficient (Wildman–Crippen LogP) is 2.67. The molecule has 0 aliphatic carbocycles. The minimum atomic E-state index is 0.597. The monoisotopic (exact) mass is 169 g/mol. The third kappa shape index (κ3) is 2.01. The van der Waals surface area contributed by atoms with Gasteiger partial charge in [0.2, 0.25) is 0 Å². The van der Waals surface area contributed by atoms with Crippen LogP contribution in [0.25, 0.3) is 0 Å². The number of rotatable bonds is 2. The zero-order chi connectivity index (χ0) is 9.19. The standard InChI is InChI=1S/C11H23N/c1-9(2)10(3)11(4)5-7-12-8-6-11/h9-10,12H,5-8H2,1-4H3. The summed E-state index contributed by atoms with van der Waals surface area (Å²) in [4.78, 5) is 0. The molecule has 1 unspecified atom stereocenters. The molecule has 1 heteroatoms. The fourth-order valence-electron chi connectivity index (χ4n) is 2.26. The lowest BCUT2D eigenvalue weighted by Gasteiger charge is -2.41. The first-order chi connectivity index (χ1) is 5.56. The summed E-state index contributed by atoms with van der Waals surface area (Å²) in [5, 5.41) is 3.43. The molecule has 0 saturated carbocycles. The van der Waals surface area contributed by atoms with Crippen molar-refractivity contribution in [2.45, 2.75) is 40.5 Å². The summed E-state index contributed by atoms with van der Waals surface area (Å²) in [6.07, 6.45) is 2.71. The van der Waals surface area contributed by atoms with Gasteiger partial charge in [0.25, 0.3) is 0 Å². The molecule has 1 rings (SSSR count). The maximum Gasteiger partial charge on any atom is -0.00436 e. The Balaban J connectivity index is 2.56. The summed E-state index contributed by atoms with van der Waals surface area (Å²) in [7, 11) is 0. The van der Waals surface area contributed by atoms with Gasteiger partial charge in [-0.1, -0.05) is 27.7 Å². The van der Waals surface area contributed by atoms with Gasteiger partial charge in [-0.3, -0.25) is 0 Å². The molecule has 0 aromatic rings. The van der Waals surface area contributed by atoms with Crippen molar-refractivity contribution in [1.82, 2.24) is 5.32 Å². The van der Waals surface area contributed by atoms with Gasteiger partial charge in [-0.05, 0) is 43.2 Å². The summed E-state index contributed by atoms with van der Waals surface area (Å²) < 4.78 is 0. The molecule has 0 radical (unpaired) electrons. The van der Waals surface area contributed by atoms with Gasteiger partial charge in [0, 0.05) is 0 Å². The first-order valence-corrected chi connectivity index (χ1v) is 5.27. The Morgan fingerprint density at radius 2 is 1.58 bits per heavy atom. The molecule has 1 saturated heterocycles. The van der Waals surface area contributed by atoms with Crippen LogP contribution in [-0.4, -0.2) is 13.1 Å². The van der Waals surface area contributed by atoms with Crippen LogP contribution in [0.15, 0.2) is 0 Å². The van der Waals surface area contributed by atoms with Crippen molar-refractivity contribution < 1.29 is 0 Å². The van der Waals surface area contributed by atoms with Gasteiger partial charge in [-0.15, -0.1) is 0 Å². The van der Waals surface area contributed by atoms with Crippen molar-refractivity contribution in [1.29, 1.82) is 0 Å². The number of hydrogen-bond donors (Lipinski definition) is 1. The second-order valence-electron chi connectivity index (χ2n) is 4.94. The average molecular weight is 169 g/mol. The molecule has 0 aromatic heterocycles. The van der Waals surface area contributed by atoms with Crippen LogP contribution >= 0.6 is 0 Å². The van der Waals surface area contributed by atoms with Gasteiger partial charge < -0.3 is 5.32 Å². The van der Waals surface area contributed by atoms with Crippen molar-refractivity contribution in [3.05, 3.63) is 0 Å². The van der Waals surface area contributed by atoms with Crippen LogP contribution in [-0.2, 0) is 0 Å². The Labute approximate surface area is 76.9 Å². The molecule has 0 aromatic carbocycles. The topological polar surface area (TPSA) is 12.0 Å². The normalized spacial score (nSPS) is 25.8.